The lowest BCUT2D eigenvalue weighted by Gasteiger charge is -2.29. The van der Waals surface area contributed by atoms with Gasteiger partial charge in [-0.3, -0.25) is 0 Å². The molecular weight excluding hydrogens is 306 g/mol. The van der Waals surface area contributed by atoms with Crippen LogP contribution in [0.25, 0.3) is 22.6 Å². The molecule has 24 heavy (non-hydrogen) atoms. The predicted molar refractivity (Wildman–Crippen MR) is 88.4 cm³/mol. The normalized spacial score (nSPS) is 21.7. The maximum atomic E-state index is 5.93. The molecule has 2 atom stereocenters. The third-order valence-corrected chi connectivity index (χ3v) is 4.55. The zero-order valence-corrected chi connectivity index (χ0v) is 14.4. The van der Waals surface area contributed by atoms with E-state index in [0.717, 1.165) is 29.8 Å². The van der Waals surface area contributed by atoms with Crippen LogP contribution in [0.5, 0.6) is 0 Å². The third kappa shape index (κ3) is 2.39. The summed E-state index contributed by atoms with van der Waals surface area (Å²) in [4.78, 5) is 13.4. The molecule has 3 aromatic rings. The number of pyridine rings is 1. The summed E-state index contributed by atoms with van der Waals surface area (Å²) < 4.78 is 13.3. The van der Waals surface area contributed by atoms with Crippen LogP contribution in [0.4, 0.5) is 0 Å². The summed E-state index contributed by atoms with van der Waals surface area (Å²) in [6.45, 7) is 7.27. The monoisotopic (exact) mass is 327 g/mol. The molecule has 0 spiro atoms. The Labute approximate surface area is 140 Å². The quantitative estimate of drug-likeness (QED) is 0.720. The van der Waals surface area contributed by atoms with Crippen molar-refractivity contribution in [3.8, 4) is 11.5 Å². The van der Waals surface area contributed by atoms with Gasteiger partial charge in [-0.15, -0.1) is 0 Å². The third-order valence-electron chi connectivity index (χ3n) is 4.55. The van der Waals surface area contributed by atoms with Crippen LogP contribution in [0.3, 0.4) is 0 Å². The fraction of sp³-hybridized carbons (Fsp3) is 0.529. The van der Waals surface area contributed by atoms with E-state index in [2.05, 4.69) is 40.9 Å². The lowest BCUT2D eigenvalue weighted by Crippen LogP contribution is -2.30. The van der Waals surface area contributed by atoms with Gasteiger partial charge in [0.2, 0.25) is 0 Å². The van der Waals surface area contributed by atoms with Gasteiger partial charge in [-0.2, -0.15) is 4.98 Å². The topological polar surface area (TPSA) is 78.9 Å². The van der Waals surface area contributed by atoms with Gasteiger partial charge in [0.05, 0.1) is 23.9 Å². The van der Waals surface area contributed by atoms with Gasteiger partial charge in [-0.05, 0) is 17.9 Å². The lowest BCUT2D eigenvalue weighted by molar-refractivity contribution is 0.0193. The van der Waals surface area contributed by atoms with Crippen molar-refractivity contribution in [2.24, 2.45) is 12.5 Å². The first-order valence-electron chi connectivity index (χ1n) is 8.17. The van der Waals surface area contributed by atoms with Crippen LogP contribution < -0.4 is 0 Å². The van der Waals surface area contributed by atoms with E-state index in [0.29, 0.717) is 11.7 Å². The Balaban J connectivity index is 1.72. The summed E-state index contributed by atoms with van der Waals surface area (Å²) in [7, 11) is 1.91. The second-order valence-corrected chi connectivity index (χ2v) is 7.40. The number of hydrogen-bond acceptors (Lipinski definition) is 6. The molecule has 1 saturated heterocycles. The SMILES string of the molecule is Cn1cnc2c(-c3nc([C@@H]4CCO[C@H]4C(C)(C)C)no3)ccnc21. The van der Waals surface area contributed by atoms with Gasteiger partial charge in [-0.1, -0.05) is 25.9 Å². The van der Waals surface area contributed by atoms with Crippen molar-refractivity contribution in [3.05, 3.63) is 24.4 Å². The van der Waals surface area contributed by atoms with Crippen LogP contribution in [-0.4, -0.2) is 37.4 Å². The molecule has 7 heteroatoms. The average Bonchev–Trinajstić information content (AvgIpc) is 3.25. The summed E-state index contributed by atoms with van der Waals surface area (Å²) in [5.74, 6) is 1.35. The van der Waals surface area contributed by atoms with Gasteiger partial charge >= 0.3 is 0 Å². The molecule has 7 nitrogen and oxygen atoms in total. The minimum Gasteiger partial charge on any atom is -0.377 e. The number of ether oxygens (including phenoxy) is 1. The summed E-state index contributed by atoms with van der Waals surface area (Å²) in [6, 6.07) is 1.86. The van der Waals surface area contributed by atoms with Crippen molar-refractivity contribution in [3.63, 3.8) is 0 Å². The highest BCUT2D eigenvalue weighted by atomic mass is 16.5. The molecular formula is C17H21N5O2. The zero-order valence-electron chi connectivity index (χ0n) is 14.4. The van der Waals surface area contributed by atoms with Crippen LogP contribution in [0.15, 0.2) is 23.1 Å². The molecule has 0 unspecified atom stereocenters. The smallest absolute Gasteiger partial charge is 0.260 e. The molecule has 1 fully saturated rings. The molecule has 0 aliphatic carbocycles. The standard InChI is InChI=1S/C17H21N5O2/c1-17(2,3)13-11(6-8-23-13)14-20-16(24-21-14)10-5-7-18-15-12(10)19-9-22(15)4/h5,7,9,11,13H,6,8H2,1-4H3/t11-,13-/m1/s1. The first kappa shape index (κ1) is 15.3. The van der Waals surface area contributed by atoms with Crippen LogP contribution in [0.1, 0.15) is 38.9 Å². The van der Waals surface area contributed by atoms with Crippen molar-refractivity contribution in [2.75, 3.05) is 6.61 Å². The van der Waals surface area contributed by atoms with Crippen LogP contribution in [0.2, 0.25) is 0 Å². The first-order chi connectivity index (χ1) is 11.4. The second-order valence-electron chi connectivity index (χ2n) is 7.40. The van der Waals surface area contributed by atoms with E-state index in [1.54, 1.807) is 12.5 Å². The molecule has 1 aliphatic rings. The number of aromatic nitrogens is 5. The summed E-state index contributed by atoms with van der Waals surface area (Å²) in [6.07, 6.45) is 4.48. The zero-order chi connectivity index (χ0) is 16.9. The van der Waals surface area contributed by atoms with Gasteiger partial charge in [0.15, 0.2) is 11.5 Å². The van der Waals surface area contributed by atoms with Crippen molar-refractivity contribution < 1.29 is 9.26 Å². The number of aryl methyl sites for hydroxylation is 1. The molecule has 4 heterocycles. The van der Waals surface area contributed by atoms with E-state index in [4.69, 9.17) is 9.26 Å². The summed E-state index contributed by atoms with van der Waals surface area (Å²) >= 11 is 0. The van der Waals surface area contributed by atoms with E-state index in [1.807, 2.05) is 17.7 Å². The molecule has 4 rings (SSSR count). The van der Waals surface area contributed by atoms with Crippen LogP contribution in [-0.2, 0) is 11.8 Å². The summed E-state index contributed by atoms with van der Waals surface area (Å²) in [5.41, 5.74) is 2.41. The Hall–Kier alpha value is -2.28. The van der Waals surface area contributed by atoms with E-state index in [-0.39, 0.29) is 17.4 Å². The predicted octanol–water partition coefficient (Wildman–Crippen LogP) is 2.94. The Morgan fingerprint density at radius 2 is 2.08 bits per heavy atom. The van der Waals surface area contributed by atoms with E-state index < -0.39 is 0 Å². The van der Waals surface area contributed by atoms with E-state index >= 15 is 0 Å². The Morgan fingerprint density at radius 1 is 1.25 bits per heavy atom. The second kappa shape index (κ2) is 5.37. The number of fused-ring (bicyclic) bond motifs is 1. The molecule has 0 saturated carbocycles. The molecule has 0 amide bonds. The highest BCUT2D eigenvalue weighted by Gasteiger charge is 2.40. The molecule has 0 N–H and O–H groups in total. The van der Waals surface area contributed by atoms with Crippen molar-refractivity contribution in [1.82, 2.24) is 24.7 Å². The van der Waals surface area contributed by atoms with Gasteiger partial charge in [-0.25, -0.2) is 9.97 Å². The van der Waals surface area contributed by atoms with Crippen LogP contribution in [0, 0.1) is 5.41 Å². The highest BCUT2D eigenvalue weighted by molar-refractivity contribution is 5.86. The maximum Gasteiger partial charge on any atom is 0.260 e. The minimum absolute atomic E-state index is 0.0346. The van der Waals surface area contributed by atoms with Crippen molar-refractivity contribution in [1.29, 1.82) is 0 Å². The van der Waals surface area contributed by atoms with Gasteiger partial charge in [0.1, 0.15) is 5.52 Å². The van der Waals surface area contributed by atoms with Crippen LogP contribution >= 0.6 is 0 Å². The Bertz CT molecular complexity index is 877. The number of imidazole rings is 1. The lowest BCUT2D eigenvalue weighted by atomic mass is 9.81. The molecule has 3 aromatic heterocycles. The van der Waals surface area contributed by atoms with Gasteiger partial charge in [0.25, 0.3) is 5.89 Å². The number of hydrogen-bond donors (Lipinski definition) is 0. The fourth-order valence-electron chi connectivity index (χ4n) is 3.40. The van der Waals surface area contributed by atoms with Crippen molar-refractivity contribution >= 4 is 11.2 Å². The highest BCUT2D eigenvalue weighted by Crippen LogP contribution is 2.40. The Morgan fingerprint density at radius 3 is 2.88 bits per heavy atom. The van der Waals surface area contributed by atoms with Gasteiger partial charge in [0, 0.05) is 19.9 Å². The van der Waals surface area contributed by atoms with Gasteiger partial charge < -0.3 is 13.8 Å². The molecule has 0 bridgehead atoms. The average molecular weight is 327 g/mol. The maximum absolute atomic E-state index is 5.93. The number of nitrogens with zero attached hydrogens (tertiary/aromatic N) is 5. The van der Waals surface area contributed by atoms with E-state index in [1.165, 1.54) is 0 Å². The van der Waals surface area contributed by atoms with Crippen molar-refractivity contribution in [2.45, 2.75) is 39.2 Å². The molecule has 126 valence electrons. The molecule has 0 radical (unpaired) electrons. The van der Waals surface area contributed by atoms with E-state index in [9.17, 15) is 0 Å². The Kier molecular flexibility index (Phi) is 3.42. The number of rotatable bonds is 2. The fourth-order valence-corrected chi connectivity index (χ4v) is 3.40. The largest absolute Gasteiger partial charge is 0.377 e. The summed E-state index contributed by atoms with van der Waals surface area (Å²) in [5, 5.41) is 4.23. The molecule has 0 aromatic carbocycles. The molecule has 1 aliphatic heterocycles. The first-order valence-corrected chi connectivity index (χ1v) is 8.17. The minimum atomic E-state index is 0.0346.